The average molecular weight is 237 g/mol. The predicted octanol–water partition coefficient (Wildman–Crippen LogP) is 1.95. The fraction of sp³-hybridized carbons (Fsp3) is 0.769. The molecule has 17 heavy (non-hydrogen) atoms. The van der Waals surface area contributed by atoms with Crippen molar-refractivity contribution in [3.05, 3.63) is 18.0 Å². The van der Waals surface area contributed by atoms with E-state index in [2.05, 4.69) is 41.9 Å². The molecule has 0 saturated carbocycles. The molecule has 0 amide bonds. The highest BCUT2D eigenvalue weighted by Gasteiger charge is 2.36. The average Bonchev–Trinajstić information content (AvgIpc) is 2.86. The van der Waals surface area contributed by atoms with E-state index in [4.69, 9.17) is 4.74 Å². The number of nitrogens with zero attached hydrogens (tertiary/aromatic N) is 2. The van der Waals surface area contributed by atoms with Crippen LogP contribution in [0.5, 0.6) is 0 Å². The third-order valence-electron chi connectivity index (χ3n) is 3.80. The van der Waals surface area contributed by atoms with Gasteiger partial charge in [-0.3, -0.25) is 4.68 Å². The molecule has 1 aromatic rings. The van der Waals surface area contributed by atoms with E-state index >= 15 is 0 Å². The van der Waals surface area contributed by atoms with E-state index in [-0.39, 0.29) is 11.6 Å². The van der Waals surface area contributed by atoms with Gasteiger partial charge >= 0.3 is 0 Å². The van der Waals surface area contributed by atoms with Gasteiger partial charge in [-0.1, -0.05) is 6.92 Å². The highest BCUT2D eigenvalue weighted by atomic mass is 16.5. The van der Waals surface area contributed by atoms with Gasteiger partial charge in [0.05, 0.1) is 11.8 Å². The maximum Gasteiger partial charge on any atom is 0.0726 e. The largest absolute Gasteiger partial charge is 0.377 e. The third-order valence-corrected chi connectivity index (χ3v) is 3.80. The van der Waals surface area contributed by atoms with E-state index in [0.717, 1.165) is 32.5 Å². The second kappa shape index (κ2) is 5.19. The number of hydrogen-bond acceptors (Lipinski definition) is 3. The van der Waals surface area contributed by atoms with Crippen molar-refractivity contribution in [1.29, 1.82) is 0 Å². The zero-order valence-corrected chi connectivity index (χ0v) is 11.1. The molecular weight excluding hydrogens is 214 g/mol. The summed E-state index contributed by atoms with van der Waals surface area (Å²) in [6.45, 7) is 9.28. The Hall–Kier alpha value is -0.870. The Morgan fingerprint density at radius 2 is 2.47 bits per heavy atom. The van der Waals surface area contributed by atoms with Gasteiger partial charge in [0, 0.05) is 31.4 Å². The van der Waals surface area contributed by atoms with Crippen molar-refractivity contribution in [2.45, 2.75) is 58.3 Å². The zero-order valence-electron chi connectivity index (χ0n) is 11.1. The molecule has 2 atom stereocenters. The Morgan fingerprint density at radius 3 is 3.12 bits per heavy atom. The van der Waals surface area contributed by atoms with Crippen LogP contribution in [0.2, 0.25) is 0 Å². The van der Waals surface area contributed by atoms with Crippen molar-refractivity contribution < 1.29 is 4.74 Å². The van der Waals surface area contributed by atoms with Crippen LogP contribution in [0.4, 0.5) is 0 Å². The van der Waals surface area contributed by atoms with Crippen LogP contribution in [0.15, 0.2) is 12.3 Å². The first-order valence-electron chi connectivity index (χ1n) is 6.53. The van der Waals surface area contributed by atoms with Crippen LogP contribution >= 0.6 is 0 Å². The highest BCUT2D eigenvalue weighted by molar-refractivity contribution is 5.03. The monoisotopic (exact) mass is 237 g/mol. The molecule has 0 bridgehead atoms. The maximum absolute atomic E-state index is 5.63. The Morgan fingerprint density at radius 1 is 1.65 bits per heavy atom. The first-order chi connectivity index (χ1) is 8.15. The van der Waals surface area contributed by atoms with Crippen LogP contribution in [-0.2, 0) is 17.8 Å². The van der Waals surface area contributed by atoms with Crippen molar-refractivity contribution in [2.75, 3.05) is 6.61 Å². The fourth-order valence-electron chi connectivity index (χ4n) is 2.28. The quantitative estimate of drug-likeness (QED) is 0.850. The molecule has 0 radical (unpaired) electrons. The summed E-state index contributed by atoms with van der Waals surface area (Å²) in [5.74, 6) is 0. The third kappa shape index (κ3) is 2.69. The SMILES string of the molecule is CCCn1nccc1CNC1(C)CCOC1C. The number of aromatic nitrogens is 2. The minimum atomic E-state index is 0.0985. The van der Waals surface area contributed by atoms with E-state index in [9.17, 15) is 0 Å². The normalized spacial score (nSPS) is 28.8. The standard InChI is InChI=1S/C13H23N3O/c1-4-8-16-12(5-7-15-16)10-14-13(3)6-9-17-11(13)2/h5,7,11,14H,4,6,8-10H2,1-3H3. The van der Waals surface area contributed by atoms with Crippen LogP contribution < -0.4 is 5.32 Å². The van der Waals surface area contributed by atoms with Gasteiger partial charge in [0.2, 0.25) is 0 Å². The molecular formula is C13H23N3O. The van der Waals surface area contributed by atoms with E-state index in [1.165, 1.54) is 5.69 Å². The van der Waals surface area contributed by atoms with Crippen LogP contribution in [0.3, 0.4) is 0 Å². The van der Waals surface area contributed by atoms with Crippen molar-refractivity contribution in [2.24, 2.45) is 0 Å². The number of aryl methyl sites for hydroxylation is 1. The lowest BCUT2D eigenvalue weighted by Crippen LogP contribution is -2.47. The Kier molecular flexibility index (Phi) is 3.84. The minimum absolute atomic E-state index is 0.0985. The van der Waals surface area contributed by atoms with E-state index in [1.807, 2.05) is 6.20 Å². The minimum Gasteiger partial charge on any atom is -0.377 e. The highest BCUT2D eigenvalue weighted by Crippen LogP contribution is 2.25. The van der Waals surface area contributed by atoms with Gasteiger partial charge in [-0.05, 0) is 32.8 Å². The van der Waals surface area contributed by atoms with Crippen LogP contribution in [0, 0.1) is 0 Å². The summed E-state index contributed by atoms with van der Waals surface area (Å²) >= 11 is 0. The molecule has 1 aromatic heterocycles. The zero-order chi connectivity index (χ0) is 12.3. The first kappa shape index (κ1) is 12.6. The Balaban J connectivity index is 1.95. The molecule has 2 rings (SSSR count). The summed E-state index contributed by atoms with van der Waals surface area (Å²) < 4.78 is 7.71. The smallest absolute Gasteiger partial charge is 0.0726 e. The lowest BCUT2D eigenvalue weighted by molar-refractivity contribution is 0.0878. The topological polar surface area (TPSA) is 39.1 Å². The molecule has 0 aliphatic carbocycles. The van der Waals surface area contributed by atoms with Gasteiger partial charge in [0.25, 0.3) is 0 Å². The molecule has 1 N–H and O–H groups in total. The molecule has 1 aliphatic heterocycles. The van der Waals surface area contributed by atoms with Gasteiger partial charge < -0.3 is 10.1 Å². The van der Waals surface area contributed by atoms with Crippen molar-refractivity contribution >= 4 is 0 Å². The van der Waals surface area contributed by atoms with Crippen LogP contribution in [-0.4, -0.2) is 28.0 Å². The molecule has 0 aromatic carbocycles. The summed E-state index contributed by atoms with van der Waals surface area (Å²) in [7, 11) is 0. The van der Waals surface area contributed by atoms with Gasteiger partial charge in [0.1, 0.15) is 0 Å². The summed E-state index contributed by atoms with van der Waals surface area (Å²) in [5, 5.41) is 7.96. The summed E-state index contributed by atoms with van der Waals surface area (Å²) in [6, 6.07) is 2.09. The summed E-state index contributed by atoms with van der Waals surface area (Å²) in [4.78, 5) is 0. The number of rotatable bonds is 5. The number of nitrogens with one attached hydrogen (secondary N) is 1. The molecule has 0 spiro atoms. The molecule has 1 aliphatic rings. The van der Waals surface area contributed by atoms with Gasteiger partial charge in [-0.25, -0.2) is 0 Å². The van der Waals surface area contributed by atoms with E-state index < -0.39 is 0 Å². The second-order valence-electron chi connectivity index (χ2n) is 5.08. The maximum atomic E-state index is 5.63. The lowest BCUT2D eigenvalue weighted by Gasteiger charge is -2.29. The van der Waals surface area contributed by atoms with E-state index in [1.54, 1.807) is 0 Å². The van der Waals surface area contributed by atoms with Crippen LogP contribution in [0.1, 0.15) is 39.3 Å². The molecule has 1 fully saturated rings. The Bertz CT molecular complexity index is 363. The predicted molar refractivity (Wildman–Crippen MR) is 67.8 cm³/mol. The summed E-state index contributed by atoms with van der Waals surface area (Å²) in [5.41, 5.74) is 1.36. The van der Waals surface area contributed by atoms with Gasteiger partial charge in [-0.2, -0.15) is 5.10 Å². The number of ether oxygens (including phenoxy) is 1. The molecule has 4 heteroatoms. The lowest BCUT2D eigenvalue weighted by atomic mass is 9.94. The number of hydrogen-bond donors (Lipinski definition) is 1. The fourth-order valence-corrected chi connectivity index (χ4v) is 2.28. The molecule has 1 saturated heterocycles. The first-order valence-corrected chi connectivity index (χ1v) is 6.53. The summed E-state index contributed by atoms with van der Waals surface area (Å²) in [6.07, 6.45) is 4.36. The molecule has 2 heterocycles. The van der Waals surface area contributed by atoms with Crippen molar-refractivity contribution in [3.8, 4) is 0 Å². The molecule has 4 nitrogen and oxygen atoms in total. The second-order valence-corrected chi connectivity index (χ2v) is 5.08. The van der Waals surface area contributed by atoms with Gasteiger partial charge in [-0.15, -0.1) is 0 Å². The van der Waals surface area contributed by atoms with Crippen molar-refractivity contribution in [1.82, 2.24) is 15.1 Å². The van der Waals surface area contributed by atoms with Gasteiger partial charge in [0.15, 0.2) is 0 Å². The molecule has 2 unspecified atom stereocenters. The van der Waals surface area contributed by atoms with Crippen LogP contribution in [0.25, 0.3) is 0 Å². The molecule has 96 valence electrons. The van der Waals surface area contributed by atoms with Crippen molar-refractivity contribution in [3.63, 3.8) is 0 Å². The Labute approximate surface area is 103 Å². The van der Waals surface area contributed by atoms with E-state index in [0.29, 0.717) is 0 Å².